The average Bonchev–Trinajstić information content (AvgIpc) is 3.04. The van der Waals surface area contributed by atoms with Crippen molar-refractivity contribution in [2.75, 3.05) is 13.2 Å². The maximum atomic E-state index is 12.5. The molecule has 8 atom stereocenters. The number of phosphoric acid groups is 1. The fourth-order valence-corrected chi connectivity index (χ4v) is 4.41. The van der Waals surface area contributed by atoms with Crippen LogP contribution in [0.2, 0.25) is 0 Å². The zero-order valence-corrected chi connectivity index (χ0v) is 18.5. The number of hydrogen-bond donors (Lipinski definition) is 2. The Balaban J connectivity index is 1.93. The van der Waals surface area contributed by atoms with E-state index < -0.39 is 32.2 Å². The Bertz CT molecular complexity index is 534. The smallest absolute Gasteiger partial charge is 0.376 e. The molecule has 0 saturated carbocycles. The van der Waals surface area contributed by atoms with Gasteiger partial charge in [0.05, 0.1) is 49.8 Å². The van der Waals surface area contributed by atoms with E-state index in [2.05, 4.69) is 0 Å². The van der Waals surface area contributed by atoms with Crippen LogP contribution >= 0.6 is 7.82 Å². The molecule has 0 aromatic carbocycles. The SMILES string of the molecule is CC(C)OC[C@H]1O[C@@H](C)C(N)[C@H]1OP(=O)(O)OC[C@H]1O[C@@H](C)CC1OC(C)C. The van der Waals surface area contributed by atoms with Gasteiger partial charge in [0.25, 0.3) is 0 Å². The van der Waals surface area contributed by atoms with Gasteiger partial charge in [-0.3, -0.25) is 9.05 Å². The molecule has 2 aliphatic rings. The summed E-state index contributed by atoms with van der Waals surface area (Å²) in [4.78, 5) is 10.2. The van der Waals surface area contributed by atoms with Crippen LogP contribution in [0, 0.1) is 0 Å². The molecule has 0 bridgehead atoms. The van der Waals surface area contributed by atoms with Crippen LogP contribution in [0.3, 0.4) is 0 Å². The maximum absolute atomic E-state index is 12.5. The van der Waals surface area contributed by atoms with E-state index >= 15 is 0 Å². The molecule has 2 saturated heterocycles. The van der Waals surface area contributed by atoms with Gasteiger partial charge in [-0.05, 0) is 41.5 Å². The monoisotopic (exact) mass is 425 g/mol. The van der Waals surface area contributed by atoms with Crippen LogP contribution in [0.5, 0.6) is 0 Å². The Morgan fingerprint density at radius 3 is 2.39 bits per heavy atom. The average molecular weight is 425 g/mol. The zero-order chi connectivity index (χ0) is 21.1. The van der Waals surface area contributed by atoms with Crippen LogP contribution in [0.15, 0.2) is 0 Å². The summed E-state index contributed by atoms with van der Waals surface area (Å²) < 4.78 is 46.0. The number of rotatable bonds is 10. The number of ether oxygens (including phenoxy) is 4. The molecule has 3 unspecified atom stereocenters. The Morgan fingerprint density at radius 2 is 1.79 bits per heavy atom. The summed E-state index contributed by atoms with van der Waals surface area (Å²) >= 11 is 0. The van der Waals surface area contributed by atoms with Gasteiger partial charge in [0.2, 0.25) is 0 Å². The molecule has 2 rings (SSSR count). The minimum atomic E-state index is -4.37. The third-order valence-corrected chi connectivity index (χ3v) is 5.75. The van der Waals surface area contributed by atoms with Crippen LogP contribution in [0.1, 0.15) is 48.0 Å². The topological polar surface area (TPSA) is 119 Å². The Morgan fingerprint density at radius 1 is 1.11 bits per heavy atom. The summed E-state index contributed by atoms with van der Waals surface area (Å²) in [6.45, 7) is 11.5. The molecule has 9 nitrogen and oxygen atoms in total. The van der Waals surface area contributed by atoms with Crippen molar-refractivity contribution in [3.63, 3.8) is 0 Å². The van der Waals surface area contributed by atoms with Gasteiger partial charge in [-0.15, -0.1) is 0 Å². The molecule has 2 fully saturated rings. The number of nitrogens with two attached hydrogens (primary N) is 1. The molecular weight excluding hydrogens is 389 g/mol. The van der Waals surface area contributed by atoms with E-state index in [4.69, 9.17) is 33.7 Å². The lowest BCUT2D eigenvalue weighted by atomic mass is 10.1. The summed E-state index contributed by atoms with van der Waals surface area (Å²) in [5.74, 6) is 0. The van der Waals surface area contributed by atoms with Gasteiger partial charge in [-0.2, -0.15) is 0 Å². The van der Waals surface area contributed by atoms with Crippen molar-refractivity contribution in [1.29, 1.82) is 0 Å². The molecule has 0 amide bonds. The van der Waals surface area contributed by atoms with E-state index in [0.717, 1.165) is 0 Å². The fraction of sp³-hybridized carbons (Fsp3) is 1.00. The molecule has 0 aromatic rings. The first kappa shape index (κ1) is 24.2. The van der Waals surface area contributed by atoms with Crippen LogP contribution in [0.25, 0.3) is 0 Å². The van der Waals surface area contributed by atoms with E-state index in [1.165, 1.54) is 0 Å². The van der Waals surface area contributed by atoms with Crippen LogP contribution in [0.4, 0.5) is 0 Å². The van der Waals surface area contributed by atoms with E-state index in [9.17, 15) is 9.46 Å². The van der Waals surface area contributed by atoms with Crippen molar-refractivity contribution >= 4 is 7.82 Å². The minimum absolute atomic E-state index is 0.00652. The van der Waals surface area contributed by atoms with Crippen molar-refractivity contribution in [1.82, 2.24) is 0 Å². The maximum Gasteiger partial charge on any atom is 0.472 e. The summed E-state index contributed by atoms with van der Waals surface area (Å²) in [6, 6.07) is -0.565. The second kappa shape index (κ2) is 10.3. The Labute approximate surface area is 167 Å². The quantitative estimate of drug-likeness (QED) is 0.507. The van der Waals surface area contributed by atoms with E-state index in [1.807, 2.05) is 34.6 Å². The van der Waals surface area contributed by atoms with Gasteiger partial charge in [0, 0.05) is 6.42 Å². The first-order valence-corrected chi connectivity index (χ1v) is 11.5. The molecule has 0 aliphatic carbocycles. The van der Waals surface area contributed by atoms with E-state index in [-0.39, 0.29) is 43.7 Å². The summed E-state index contributed by atoms with van der Waals surface area (Å²) in [6.07, 6.45) is -1.60. The second-order valence-corrected chi connectivity index (χ2v) is 9.52. The van der Waals surface area contributed by atoms with Gasteiger partial charge >= 0.3 is 7.82 Å². The fourth-order valence-electron chi connectivity index (χ4n) is 3.43. The van der Waals surface area contributed by atoms with Crippen molar-refractivity contribution in [2.24, 2.45) is 5.73 Å². The van der Waals surface area contributed by atoms with Crippen molar-refractivity contribution in [3.05, 3.63) is 0 Å². The molecule has 10 heteroatoms. The highest BCUT2D eigenvalue weighted by Gasteiger charge is 2.46. The molecule has 0 radical (unpaired) electrons. The van der Waals surface area contributed by atoms with Crippen molar-refractivity contribution < 1.29 is 37.5 Å². The first-order chi connectivity index (χ1) is 13.0. The van der Waals surface area contributed by atoms with Gasteiger partial charge in [-0.1, -0.05) is 0 Å². The first-order valence-electron chi connectivity index (χ1n) is 9.97. The summed E-state index contributed by atoms with van der Waals surface area (Å²) in [5, 5.41) is 0. The predicted octanol–water partition coefficient (Wildman–Crippen LogP) is 2.00. The van der Waals surface area contributed by atoms with Gasteiger partial charge in [-0.25, -0.2) is 4.57 Å². The van der Waals surface area contributed by atoms with Crippen molar-refractivity contribution in [2.45, 2.75) is 103 Å². The van der Waals surface area contributed by atoms with Crippen LogP contribution in [-0.2, 0) is 32.6 Å². The van der Waals surface area contributed by atoms with Gasteiger partial charge < -0.3 is 29.6 Å². The number of phosphoric ester groups is 1. The predicted molar refractivity (Wildman–Crippen MR) is 103 cm³/mol. The van der Waals surface area contributed by atoms with Gasteiger partial charge in [0.1, 0.15) is 18.3 Å². The summed E-state index contributed by atoms with van der Waals surface area (Å²) in [5.41, 5.74) is 6.10. The lowest BCUT2D eigenvalue weighted by Gasteiger charge is -2.26. The zero-order valence-electron chi connectivity index (χ0n) is 17.6. The standard InChI is InChI=1S/C18H36NO8P/c1-10(2)22-8-16-18(17(19)13(6)26-16)27-28(20,21)23-9-15-14(24-11(3)4)7-12(5)25-15/h10-18H,7-9,19H2,1-6H3,(H,20,21)/t12-,13-,14?,15+,16+,17?,18-/m0/s1. The molecule has 2 aliphatic heterocycles. The number of hydrogen-bond acceptors (Lipinski definition) is 8. The van der Waals surface area contributed by atoms with Crippen LogP contribution < -0.4 is 5.73 Å². The summed E-state index contributed by atoms with van der Waals surface area (Å²) in [7, 11) is -4.37. The third-order valence-electron chi connectivity index (χ3n) is 4.76. The molecule has 0 spiro atoms. The molecule has 2 heterocycles. The largest absolute Gasteiger partial charge is 0.472 e. The Hall–Kier alpha value is -0.0900. The normalized spacial score (nSPS) is 38.4. The highest BCUT2D eigenvalue weighted by atomic mass is 31.2. The van der Waals surface area contributed by atoms with Gasteiger partial charge in [0.15, 0.2) is 0 Å². The van der Waals surface area contributed by atoms with Crippen molar-refractivity contribution in [3.8, 4) is 0 Å². The lowest BCUT2D eigenvalue weighted by Crippen LogP contribution is -2.42. The second-order valence-electron chi connectivity index (χ2n) is 8.12. The highest BCUT2D eigenvalue weighted by molar-refractivity contribution is 7.47. The van der Waals surface area contributed by atoms with Crippen LogP contribution in [-0.4, -0.2) is 73.0 Å². The molecule has 166 valence electrons. The molecule has 3 N–H and O–H groups in total. The highest BCUT2D eigenvalue weighted by Crippen LogP contribution is 2.47. The van der Waals surface area contributed by atoms with E-state index in [0.29, 0.717) is 6.42 Å². The Kier molecular flexibility index (Phi) is 8.88. The third kappa shape index (κ3) is 7.00. The molecule has 0 aromatic heterocycles. The minimum Gasteiger partial charge on any atom is -0.376 e. The van der Waals surface area contributed by atoms with E-state index in [1.54, 1.807) is 6.92 Å². The molecular formula is C18H36NO8P. The molecule has 28 heavy (non-hydrogen) atoms. The lowest BCUT2D eigenvalue weighted by molar-refractivity contribution is -0.0701.